The third-order valence-corrected chi connectivity index (χ3v) is 2.33. The molecular formula is C10H14O3. The summed E-state index contributed by atoms with van der Waals surface area (Å²) in [7, 11) is 0. The van der Waals surface area contributed by atoms with Crippen molar-refractivity contribution in [3.8, 4) is 0 Å². The van der Waals surface area contributed by atoms with Crippen molar-refractivity contribution < 1.29 is 14.3 Å². The Hall–Kier alpha value is -1.12. The van der Waals surface area contributed by atoms with Gasteiger partial charge in [-0.3, -0.25) is 0 Å². The van der Waals surface area contributed by atoms with Crippen LogP contribution in [-0.2, 0) is 14.3 Å². The van der Waals surface area contributed by atoms with Crippen molar-refractivity contribution >= 4 is 11.9 Å². The number of cyclic esters (lactones) is 2. The Bertz CT molecular complexity index is 276. The molecule has 0 aliphatic carbocycles. The van der Waals surface area contributed by atoms with Crippen LogP contribution in [0, 0.1) is 5.92 Å². The Kier molecular flexibility index (Phi) is 2.86. The van der Waals surface area contributed by atoms with Crippen LogP contribution >= 0.6 is 0 Å². The standard InChI is InChI=1S/C10H14O3/c1-4-5-6(2)8-7(3)9(11)13-10(8)12/h6H,4-5H2,1-3H3. The first kappa shape index (κ1) is 9.96. The van der Waals surface area contributed by atoms with E-state index in [9.17, 15) is 9.59 Å². The van der Waals surface area contributed by atoms with Crippen molar-refractivity contribution in [2.24, 2.45) is 5.92 Å². The molecule has 1 rings (SSSR count). The van der Waals surface area contributed by atoms with Crippen LogP contribution in [-0.4, -0.2) is 11.9 Å². The van der Waals surface area contributed by atoms with Crippen LogP contribution in [0.5, 0.6) is 0 Å². The van der Waals surface area contributed by atoms with E-state index in [1.54, 1.807) is 6.92 Å². The number of esters is 2. The van der Waals surface area contributed by atoms with Gasteiger partial charge in [0.2, 0.25) is 0 Å². The summed E-state index contributed by atoms with van der Waals surface area (Å²) in [6.07, 6.45) is 1.91. The van der Waals surface area contributed by atoms with E-state index in [1.165, 1.54) is 0 Å². The topological polar surface area (TPSA) is 43.4 Å². The molecule has 1 heterocycles. The summed E-state index contributed by atoms with van der Waals surface area (Å²) >= 11 is 0. The zero-order valence-corrected chi connectivity index (χ0v) is 8.22. The van der Waals surface area contributed by atoms with Gasteiger partial charge in [-0.2, -0.15) is 0 Å². The average molecular weight is 182 g/mol. The molecule has 0 aromatic rings. The van der Waals surface area contributed by atoms with Gasteiger partial charge >= 0.3 is 11.9 Å². The van der Waals surface area contributed by atoms with Crippen LogP contribution in [0.3, 0.4) is 0 Å². The van der Waals surface area contributed by atoms with E-state index >= 15 is 0 Å². The highest BCUT2D eigenvalue weighted by Gasteiger charge is 2.32. The van der Waals surface area contributed by atoms with Crippen molar-refractivity contribution in [2.75, 3.05) is 0 Å². The van der Waals surface area contributed by atoms with Crippen LogP contribution in [0.15, 0.2) is 11.1 Å². The molecule has 0 spiro atoms. The third kappa shape index (κ3) is 1.79. The number of hydrogen-bond acceptors (Lipinski definition) is 3. The highest BCUT2D eigenvalue weighted by molar-refractivity contribution is 6.12. The maximum Gasteiger partial charge on any atom is 0.342 e. The Balaban J connectivity index is 2.88. The number of hydrogen-bond donors (Lipinski definition) is 0. The first-order chi connectivity index (χ1) is 6.07. The van der Waals surface area contributed by atoms with E-state index in [2.05, 4.69) is 11.7 Å². The predicted octanol–water partition coefficient (Wildman–Crippen LogP) is 1.82. The van der Waals surface area contributed by atoms with E-state index in [0.717, 1.165) is 12.8 Å². The first-order valence-corrected chi connectivity index (χ1v) is 4.55. The Morgan fingerprint density at radius 1 is 1.31 bits per heavy atom. The number of carbonyl (C=O) groups is 2. The summed E-state index contributed by atoms with van der Waals surface area (Å²) in [5, 5.41) is 0. The van der Waals surface area contributed by atoms with Gasteiger partial charge in [0, 0.05) is 5.57 Å². The fraction of sp³-hybridized carbons (Fsp3) is 0.600. The smallest absolute Gasteiger partial charge is 0.342 e. The molecule has 1 aliphatic rings. The van der Waals surface area contributed by atoms with Crippen molar-refractivity contribution in [3.63, 3.8) is 0 Å². The lowest BCUT2D eigenvalue weighted by Gasteiger charge is -2.08. The lowest BCUT2D eigenvalue weighted by molar-refractivity contribution is -0.151. The number of ether oxygens (including phenoxy) is 1. The van der Waals surface area contributed by atoms with E-state index in [1.807, 2.05) is 6.92 Å². The molecule has 72 valence electrons. The Labute approximate surface area is 77.8 Å². The minimum absolute atomic E-state index is 0.129. The van der Waals surface area contributed by atoms with Gasteiger partial charge in [-0.25, -0.2) is 9.59 Å². The quantitative estimate of drug-likeness (QED) is 0.494. The van der Waals surface area contributed by atoms with E-state index in [0.29, 0.717) is 11.1 Å². The molecule has 0 fully saturated rings. The zero-order chi connectivity index (χ0) is 10.0. The molecular weight excluding hydrogens is 168 g/mol. The maximum absolute atomic E-state index is 11.2. The van der Waals surface area contributed by atoms with E-state index < -0.39 is 11.9 Å². The van der Waals surface area contributed by atoms with Crippen LogP contribution in [0.1, 0.15) is 33.6 Å². The zero-order valence-electron chi connectivity index (χ0n) is 8.22. The lowest BCUT2D eigenvalue weighted by Crippen LogP contribution is -2.08. The average Bonchev–Trinajstić information content (AvgIpc) is 2.27. The van der Waals surface area contributed by atoms with Gasteiger partial charge in [0.15, 0.2) is 0 Å². The van der Waals surface area contributed by atoms with Crippen LogP contribution in [0.25, 0.3) is 0 Å². The summed E-state index contributed by atoms with van der Waals surface area (Å²) in [4.78, 5) is 22.2. The molecule has 0 aromatic heterocycles. The molecule has 0 radical (unpaired) electrons. The molecule has 0 saturated carbocycles. The van der Waals surface area contributed by atoms with Crippen LogP contribution < -0.4 is 0 Å². The Morgan fingerprint density at radius 3 is 2.31 bits per heavy atom. The third-order valence-electron chi connectivity index (χ3n) is 2.33. The second kappa shape index (κ2) is 3.73. The van der Waals surface area contributed by atoms with Crippen molar-refractivity contribution in [2.45, 2.75) is 33.6 Å². The van der Waals surface area contributed by atoms with Crippen molar-refractivity contribution in [1.82, 2.24) is 0 Å². The van der Waals surface area contributed by atoms with Gasteiger partial charge in [0.05, 0.1) is 5.57 Å². The van der Waals surface area contributed by atoms with Crippen molar-refractivity contribution in [1.29, 1.82) is 0 Å². The molecule has 0 N–H and O–H groups in total. The van der Waals surface area contributed by atoms with Gasteiger partial charge in [-0.05, 0) is 19.3 Å². The van der Waals surface area contributed by atoms with Gasteiger partial charge in [-0.15, -0.1) is 0 Å². The molecule has 0 saturated heterocycles. The number of carbonyl (C=O) groups excluding carboxylic acids is 2. The minimum atomic E-state index is -0.483. The first-order valence-electron chi connectivity index (χ1n) is 4.55. The molecule has 0 amide bonds. The minimum Gasteiger partial charge on any atom is -0.386 e. The molecule has 1 unspecified atom stereocenters. The fourth-order valence-electron chi connectivity index (χ4n) is 1.63. The lowest BCUT2D eigenvalue weighted by atomic mass is 9.94. The van der Waals surface area contributed by atoms with Gasteiger partial charge in [0.25, 0.3) is 0 Å². The van der Waals surface area contributed by atoms with Gasteiger partial charge in [0.1, 0.15) is 0 Å². The molecule has 1 aliphatic heterocycles. The summed E-state index contributed by atoms with van der Waals surface area (Å²) in [6, 6.07) is 0. The fourth-order valence-corrected chi connectivity index (χ4v) is 1.63. The second-order valence-electron chi connectivity index (χ2n) is 3.41. The predicted molar refractivity (Wildman–Crippen MR) is 47.9 cm³/mol. The van der Waals surface area contributed by atoms with E-state index in [4.69, 9.17) is 0 Å². The highest BCUT2D eigenvalue weighted by atomic mass is 16.6. The maximum atomic E-state index is 11.2. The van der Waals surface area contributed by atoms with Crippen LogP contribution in [0.4, 0.5) is 0 Å². The monoisotopic (exact) mass is 182 g/mol. The molecule has 3 nitrogen and oxygen atoms in total. The summed E-state index contributed by atoms with van der Waals surface area (Å²) in [5.41, 5.74) is 1.04. The molecule has 0 aromatic carbocycles. The number of rotatable bonds is 3. The normalized spacial score (nSPS) is 19.3. The van der Waals surface area contributed by atoms with Crippen molar-refractivity contribution in [3.05, 3.63) is 11.1 Å². The van der Waals surface area contributed by atoms with Gasteiger partial charge in [-0.1, -0.05) is 20.3 Å². The SMILES string of the molecule is CCCC(C)C1=C(C)C(=O)OC1=O. The summed E-state index contributed by atoms with van der Waals surface area (Å²) in [6.45, 7) is 5.64. The summed E-state index contributed by atoms with van der Waals surface area (Å²) < 4.78 is 4.50. The van der Waals surface area contributed by atoms with Gasteiger partial charge < -0.3 is 4.74 Å². The molecule has 13 heavy (non-hydrogen) atoms. The largest absolute Gasteiger partial charge is 0.386 e. The highest BCUT2D eigenvalue weighted by Crippen LogP contribution is 2.26. The second-order valence-corrected chi connectivity index (χ2v) is 3.41. The van der Waals surface area contributed by atoms with Crippen LogP contribution in [0.2, 0.25) is 0 Å². The molecule has 3 heteroatoms. The van der Waals surface area contributed by atoms with E-state index in [-0.39, 0.29) is 5.92 Å². The molecule has 0 bridgehead atoms. The molecule has 1 atom stereocenters. The summed E-state index contributed by atoms with van der Waals surface area (Å²) in [5.74, 6) is -0.810. The Morgan fingerprint density at radius 2 is 1.92 bits per heavy atom.